The number of allylic oxidation sites excluding steroid dienone is 3. The molecule has 34 heavy (non-hydrogen) atoms. The minimum absolute atomic E-state index is 0.319. The van der Waals surface area contributed by atoms with Gasteiger partial charge in [-0.1, -0.05) is 18.2 Å². The van der Waals surface area contributed by atoms with Crippen LogP contribution in [0.2, 0.25) is 0 Å². The van der Waals surface area contributed by atoms with Crippen molar-refractivity contribution in [2.45, 2.75) is 51.6 Å². The molecule has 0 bridgehead atoms. The summed E-state index contributed by atoms with van der Waals surface area (Å²) < 4.78 is 18.9. The van der Waals surface area contributed by atoms with E-state index >= 15 is 0 Å². The Bertz CT molecular complexity index is 1200. The molecule has 0 saturated heterocycles. The standard InChI is InChI=1S/C25H31N4O3PS/c1-25(2)22(29-21-23(26)27-15-28-24(21)32-25)19-9-7-18(8-10-19)17-5-3-16(4-6-17)13-33(30,31)20-11-12-34-14-20/h7,9-12,14-18H,3-6,8,13H2,1-2H3,(H,30,31)(H2,26,27,28). The van der Waals surface area contributed by atoms with Gasteiger partial charge in [-0.2, -0.15) is 16.3 Å². The molecule has 9 heteroatoms. The Morgan fingerprint density at radius 1 is 1.26 bits per heavy atom. The third kappa shape index (κ3) is 4.64. The van der Waals surface area contributed by atoms with Crippen LogP contribution in [0.5, 0.6) is 5.88 Å². The van der Waals surface area contributed by atoms with E-state index in [-0.39, 0.29) is 0 Å². The number of anilines is 1. The molecule has 1 fully saturated rings. The first-order valence-electron chi connectivity index (χ1n) is 11.8. The second kappa shape index (κ2) is 9.06. The molecule has 2 aromatic rings. The summed E-state index contributed by atoms with van der Waals surface area (Å²) in [4.78, 5) is 23.5. The Labute approximate surface area is 204 Å². The molecule has 1 aliphatic heterocycles. The fourth-order valence-corrected chi connectivity index (χ4v) is 8.42. The van der Waals surface area contributed by atoms with Gasteiger partial charge >= 0.3 is 0 Å². The average Bonchev–Trinajstić information content (AvgIpc) is 3.35. The molecular weight excluding hydrogens is 467 g/mol. The van der Waals surface area contributed by atoms with Crippen molar-refractivity contribution in [3.05, 3.63) is 47.0 Å². The smallest absolute Gasteiger partial charge is 0.246 e. The molecule has 3 aliphatic rings. The highest BCUT2D eigenvalue weighted by atomic mass is 32.1. The van der Waals surface area contributed by atoms with Gasteiger partial charge < -0.3 is 15.4 Å². The summed E-state index contributed by atoms with van der Waals surface area (Å²) in [7, 11) is -3.24. The van der Waals surface area contributed by atoms with Crippen LogP contribution in [0.25, 0.3) is 0 Å². The number of rotatable bonds is 5. The molecule has 2 unspecified atom stereocenters. The zero-order valence-electron chi connectivity index (χ0n) is 19.6. The highest BCUT2D eigenvalue weighted by Crippen LogP contribution is 2.47. The summed E-state index contributed by atoms with van der Waals surface area (Å²) in [5.74, 6) is 2.15. The Morgan fingerprint density at radius 3 is 2.74 bits per heavy atom. The molecule has 0 spiro atoms. The Balaban J connectivity index is 1.22. The lowest BCUT2D eigenvalue weighted by Gasteiger charge is -2.35. The molecule has 0 amide bonds. The van der Waals surface area contributed by atoms with Gasteiger partial charge in [0.2, 0.25) is 13.2 Å². The van der Waals surface area contributed by atoms with Gasteiger partial charge in [-0.25, -0.2) is 9.98 Å². The minimum Gasteiger partial charge on any atom is -0.463 e. The van der Waals surface area contributed by atoms with Crippen LogP contribution in [-0.4, -0.2) is 32.3 Å². The number of thiophene rings is 1. The molecule has 7 nitrogen and oxygen atoms in total. The lowest BCUT2D eigenvalue weighted by molar-refractivity contribution is 0.171. The van der Waals surface area contributed by atoms with Gasteiger partial charge in [0.05, 0.1) is 5.71 Å². The van der Waals surface area contributed by atoms with E-state index in [1.807, 2.05) is 24.6 Å². The van der Waals surface area contributed by atoms with E-state index in [1.54, 1.807) is 6.07 Å². The van der Waals surface area contributed by atoms with Gasteiger partial charge in [-0.15, -0.1) is 0 Å². The van der Waals surface area contributed by atoms with E-state index < -0.39 is 13.0 Å². The molecule has 0 radical (unpaired) electrons. The topological polar surface area (TPSA) is 111 Å². The largest absolute Gasteiger partial charge is 0.463 e. The summed E-state index contributed by atoms with van der Waals surface area (Å²) >= 11 is 1.48. The summed E-state index contributed by atoms with van der Waals surface area (Å²) in [6.07, 6.45) is 13.7. The van der Waals surface area contributed by atoms with Gasteiger partial charge in [-0.3, -0.25) is 4.57 Å². The Kier molecular flexibility index (Phi) is 6.25. The van der Waals surface area contributed by atoms with Crippen molar-refractivity contribution in [3.63, 3.8) is 0 Å². The van der Waals surface area contributed by atoms with Crippen LogP contribution < -0.4 is 15.8 Å². The summed E-state index contributed by atoms with van der Waals surface area (Å²) in [5.41, 5.74) is 7.79. The SMILES string of the molecule is CC1(C)Oc2ncnc(N)c2N=C1C1=CCC(C2CCC(CP(=O)(O)c3ccsc3)CC2)C=C1. The van der Waals surface area contributed by atoms with Crippen LogP contribution >= 0.6 is 18.7 Å². The first kappa shape index (κ1) is 23.5. The van der Waals surface area contributed by atoms with Crippen LogP contribution in [0.3, 0.4) is 0 Å². The number of nitrogens with zero attached hydrogens (tertiary/aromatic N) is 3. The lowest BCUT2D eigenvalue weighted by atomic mass is 9.73. The van der Waals surface area contributed by atoms with Crippen molar-refractivity contribution in [1.29, 1.82) is 0 Å². The van der Waals surface area contributed by atoms with Gasteiger partial charge in [0.25, 0.3) is 0 Å². The maximum Gasteiger partial charge on any atom is 0.246 e. The number of aromatic nitrogens is 2. The van der Waals surface area contributed by atoms with Crippen LogP contribution in [0, 0.1) is 17.8 Å². The summed E-state index contributed by atoms with van der Waals surface area (Å²) in [5, 5.41) is 4.30. The molecular formula is C25H31N4O3PS. The molecule has 0 aromatic carbocycles. The van der Waals surface area contributed by atoms with Crippen molar-refractivity contribution in [3.8, 4) is 5.88 Å². The number of hydrogen-bond donors (Lipinski definition) is 2. The normalized spacial score (nSPS) is 27.7. The highest BCUT2D eigenvalue weighted by molar-refractivity contribution is 7.66. The third-order valence-electron chi connectivity index (χ3n) is 7.28. The summed E-state index contributed by atoms with van der Waals surface area (Å²) in [6, 6.07) is 1.79. The van der Waals surface area contributed by atoms with Crippen molar-refractivity contribution >= 4 is 41.2 Å². The Hall–Kier alpha value is -2.28. The lowest BCUT2D eigenvalue weighted by Crippen LogP contribution is -2.41. The highest BCUT2D eigenvalue weighted by Gasteiger charge is 2.37. The fourth-order valence-electron chi connectivity index (χ4n) is 5.38. The van der Waals surface area contributed by atoms with E-state index in [9.17, 15) is 9.46 Å². The van der Waals surface area contributed by atoms with Gasteiger partial charge in [0.1, 0.15) is 11.9 Å². The first-order valence-corrected chi connectivity index (χ1v) is 14.6. The predicted octanol–water partition coefficient (Wildman–Crippen LogP) is 5.27. The van der Waals surface area contributed by atoms with Crippen LogP contribution in [-0.2, 0) is 4.57 Å². The number of nitrogens with two attached hydrogens (primary N) is 1. The van der Waals surface area contributed by atoms with Crippen molar-refractivity contribution in [1.82, 2.24) is 9.97 Å². The molecule has 5 rings (SSSR count). The predicted molar refractivity (Wildman–Crippen MR) is 138 cm³/mol. The van der Waals surface area contributed by atoms with Crippen LogP contribution in [0.1, 0.15) is 46.0 Å². The van der Waals surface area contributed by atoms with E-state index in [0.29, 0.717) is 46.6 Å². The molecule has 1 saturated carbocycles. The van der Waals surface area contributed by atoms with Gasteiger partial charge in [0, 0.05) is 16.8 Å². The molecule has 3 heterocycles. The molecule has 2 aliphatic carbocycles. The van der Waals surface area contributed by atoms with E-state index in [4.69, 9.17) is 15.5 Å². The number of aliphatic imine (C=N–C) groups is 1. The second-order valence-corrected chi connectivity index (χ2v) is 13.1. The quantitative estimate of drug-likeness (QED) is 0.544. The third-order valence-corrected chi connectivity index (χ3v) is 10.2. The first-order chi connectivity index (χ1) is 16.2. The van der Waals surface area contributed by atoms with Crippen LogP contribution in [0.4, 0.5) is 11.5 Å². The average molecular weight is 499 g/mol. The maximum absolute atomic E-state index is 12.8. The van der Waals surface area contributed by atoms with Crippen molar-refractivity contribution in [2.75, 3.05) is 11.9 Å². The maximum atomic E-state index is 12.8. The van der Waals surface area contributed by atoms with Crippen molar-refractivity contribution < 1.29 is 14.2 Å². The number of hydrogen-bond acceptors (Lipinski definition) is 7. The number of ether oxygens (including phenoxy) is 1. The monoisotopic (exact) mass is 498 g/mol. The zero-order valence-corrected chi connectivity index (χ0v) is 21.3. The van der Waals surface area contributed by atoms with E-state index in [0.717, 1.165) is 43.4 Å². The zero-order chi connectivity index (χ0) is 23.9. The van der Waals surface area contributed by atoms with Gasteiger partial charge in [-0.05, 0) is 80.7 Å². The second-order valence-electron chi connectivity index (χ2n) is 10.1. The molecule has 3 N–H and O–H groups in total. The van der Waals surface area contributed by atoms with Gasteiger partial charge in [0.15, 0.2) is 11.5 Å². The Morgan fingerprint density at radius 2 is 2.06 bits per heavy atom. The molecule has 180 valence electrons. The summed E-state index contributed by atoms with van der Waals surface area (Å²) in [6.45, 7) is 3.98. The fraction of sp³-hybridized carbons (Fsp3) is 0.480. The number of nitrogen functional groups attached to an aromatic ring is 1. The minimum atomic E-state index is -3.24. The molecule has 2 aromatic heterocycles. The number of fused-ring (bicyclic) bond motifs is 1. The van der Waals surface area contributed by atoms with E-state index in [2.05, 4.69) is 28.2 Å². The van der Waals surface area contributed by atoms with Crippen molar-refractivity contribution in [2.24, 2.45) is 22.7 Å². The van der Waals surface area contributed by atoms with E-state index in [1.165, 1.54) is 17.7 Å². The molecule has 2 atom stereocenters. The van der Waals surface area contributed by atoms with Crippen LogP contribution in [0.15, 0.2) is 51.9 Å².